The van der Waals surface area contributed by atoms with Crippen molar-refractivity contribution >= 4 is 0 Å². The number of pyridine rings is 1. The first-order valence-corrected chi connectivity index (χ1v) is 9.86. The van der Waals surface area contributed by atoms with Crippen molar-refractivity contribution in [3.8, 4) is 34.4 Å². The van der Waals surface area contributed by atoms with Crippen LogP contribution >= 0.6 is 0 Å². The van der Waals surface area contributed by atoms with Crippen LogP contribution in [0.4, 0.5) is 0 Å². The first-order chi connectivity index (χ1) is 14.2. The minimum Gasteiger partial charge on any atom is -0.480 e. The summed E-state index contributed by atoms with van der Waals surface area (Å²) in [7, 11) is 3.40. The lowest BCUT2D eigenvalue weighted by molar-refractivity contribution is 0.130. The highest BCUT2D eigenvalue weighted by atomic mass is 16.5. The van der Waals surface area contributed by atoms with E-state index < -0.39 is 0 Å². The SMILES string of the molecule is COc1nc(-c2ccc(O[C@@H]3C[C@H]4CC[C@@H](C3)N4)nn2)ccc1-c1cn(C)nn1. The molecule has 5 rings (SSSR count). The Morgan fingerprint density at radius 3 is 2.41 bits per heavy atom. The molecule has 1 N–H and O–H groups in total. The fourth-order valence-electron chi connectivity index (χ4n) is 4.20. The maximum absolute atomic E-state index is 6.07. The molecule has 0 saturated carbocycles. The molecule has 2 aliphatic heterocycles. The summed E-state index contributed by atoms with van der Waals surface area (Å²) in [4.78, 5) is 4.57. The molecule has 2 fully saturated rings. The van der Waals surface area contributed by atoms with Crippen LogP contribution in [0.3, 0.4) is 0 Å². The van der Waals surface area contributed by atoms with Crippen molar-refractivity contribution in [2.75, 3.05) is 7.11 Å². The molecule has 5 heterocycles. The van der Waals surface area contributed by atoms with E-state index in [0.717, 1.165) is 18.4 Å². The molecule has 2 aliphatic rings. The molecular formula is C20H23N7O2. The van der Waals surface area contributed by atoms with Crippen LogP contribution in [0.25, 0.3) is 22.6 Å². The fourth-order valence-corrected chi connectivity index (χ4v) is 4.20. The van der Waals surface area contributed by atoms with Gasteiger partial charge >= 0.3 is 0 Å². The molecule has 0 unspecified atom stereocenters. The van der Waals surface area contributed by atoms with Crippen LogP contribution in [0.5, 0.6) is 11.8 Å². The number of hydrogen-bond donors (Lipinski definition) is 1. The van der Waals surface area contributed by atoms with E-state index in [1.807, 2.05) is 37.5 Å². The first-order valence-electron chi connectivity index (χ1n) is 9.86. The molecule has 3 aromatic heterocycles. The summed E-state index contributed by atoms with van der Waals surface area (Å²) in [5.41, 5.74) is 2.81. The van der Waals surface area contributed by atoms with Gasteiger partial charge in [-0.1, -0.05) is 5.21 Å². The van der Waals surface area contributed by atoms with Gasteiger partial charge in [-0.15, -0.1) is 15.3 Å². The van der Waals surface area contributed by atoms with Crippen molar-refractivity contribution < 1.29 is 9.47 Å². The standard InChI is InChI=1S/C20H23N7O2/c1-27-11-18(24-26-27)15-5-6-16(22-20(15)28-2)17-7-8-19(25-23-17)29-14-9-12-3-4-13(10-14)21-12/h5-8,11-14,21H,3-4,9-10H2,1-2H3/t12-,13+,14-. The Labute approximate surface area is 168 Å². The molecule has 9 heteroatoms. The number of methoxy groups -OCH3 is 1. The molecule has 150 valence electrons. The van der Waals surface area contributed by atoms with Crippen molar-refractivity contribution in [2.45, 2.75) is 43.9 Å². The third-order valence-electron chi connectivity index (χ3n) is 5.55. The molecule has 2 saturated heterocycles. The van der Waals surface area contributed by atoms with Crippen molar-refractivity contribution in [3.05, 3.63) is 30.5 Å². The van der Waals surface area contributed by atoms with Gasteiger partial charge in [0.05, 0.1) is 24.6 Å². The summed E-state index contributed by atoms with van der Waals surface area (Å²) in [6.45, 7) is 0. The van der Waals surface area contributed by atoms with E-state index in [9.17, 15) is 0 Å². The molecule has 9 nitrogen and oxygen atoms in total. The van der Waals surface area contributed by atoms with Crippen molar-refractivity contribution in [3.63, 3.8) is 0 Å². The van der Waals surface area contributed by atoms with Crippen LogP contribution in [0.15, 0.2) is 30.5 Å². The number of piperidine rings is 1. The maximum Gasteiger partial charge on any atom is 0.233 e. The number of rotatable bonds is 5. The smallest absolute Gasteiger partial charge is 0.233 e. The zero-order chi connectivity index (χ0) is 19.8. The zero-order valence-corrected chi connectivity index (χ0v) is 16.4. The van der Waals surface area contributed by atoms with Crippen molar-refractivity contribution in [1.29, 1.82) is 0 Å². The number of hydrogen-bond acceptors (Lipinski definition) is 8. The first kappa shape index (κ1) is 18.0. The lowest BCUT2D eigenvalue weighted by Crippen LogP contribution is -2.42. The van der Waals surface area contributed by atoms with Gasteiger partial charge in [0.1, 0.15) is 17.5 Å². The second-order valence-corrected chi connectivity index (χ2v) is 7.64. The van der Waals surface area contributed by atoms with Gasteiger partial charge in [-0.25, -0.2) is 4.98 Å². The van der Waals surface area contributed by atoms with E-state index in [-0.39, 0.29) is 6.10 Å². The summed E-state index contributed by atoms with van der Waals surface area (Å²) in [6, 6.07) is 8.67. The van der Waals surface area contributed by atoms with Crippen LogP contribution in [-0.4, -0.2) is 55.5 Å². The van der Waals surface area contributed by atoms with Gasteiger partial charge in [0.2, 0.25) is 11.8 Å². The number of nitrogens with zero attached hydrogens (tertiary/aromatic N) is 6. The average molecular weight is 393 g/mol. The molecule has 0 amide bonds. The molecule has 29 heavy (non-hydrogen) atoms. The quantitative estimate of drug-likeness (QED) is 0.703. The van der Waals surface area contributed by atoms with Gasteiger partial charge < -0.3 is 14.8 Å². The second-order valence-electron chi connectivity index (χ2n) is 7.64. The van der Waals surface area contributed by atoms with Gasteiger partial charge in [-0.2, -0.15) is 0 Å². The zero-order valence-electron chi connectivity index (χ0n) is 16.4. The second kappa shape index (κ2) is 7.40. The number of ether oxygens (including phenoxy) is 2. The Hall–Kier alpha value is -3.07. The Balaban J connectivity index is 1.33. The molecule has 0 aromatic carbocycles. The van der Waals surface area contributed by atoms with E-state index in [1.165, 1.54) is 12.8 Å². The third-order valence-corrected chi connectivity index (χ3v) is 5.55. The summed E-state index contributed by atoms with van der Waals surface area (Å²) in [5, 5.41) is 20.3. The van der Waals surface area contributed by atoms with Crippen molar-refractivity contribution in [2.24, 2.45) is 7.05 Å². The number of aromatic nitrogens is 6. The van der Waals surface area contributed by atoms with Crippen LogP contribution in [0.1, 0.15) is 25.7 Å². The maximum atomic E-state index is 6.07. The largest absolute Gasteiger partial charge is 0.480 e. The van der Waals surface area contributed by atoms with Gasteiger partial charge in [-0.05, 0) is 43.9 Å². The normalized spacial score (nSPS) is 23.2. The molecule has 0 spiro atoms. The highest BCUT2D eigenvalue weighted by Gasteiger charge is 2.34. The minimum atomic E-state index is 0.207. The van der Waals surface area contributed by atoms with Crippen LogP contribution in [0, 0.1) is 0 Å². The minimum absolute atomic E-state index is 0.207. The summed E-state index contributed by atoms with van der Waals surface area (Å²) in [5.74, 6) is 1.03. The summed E-state index contributed by atoms with van der Waals surface area (Å²) >= 11 is 0. The predicted octanol–water partition coefficient (Wildman–Crippen LogP) is 2.00. The Bertz CT molecular complexity index is 992. The highest BCUT2D eigenvalue weighted by Crippen LogP contribution is 2.31. The topological polar surface area (TPSA) is 99.9 Å². The Kier molecular flexibility index (Phi) is 4.59. The number of aryl methyl sites for hydroxylation is 1. The Morgan fingerprint density at radius 1 is 0.966 bits per heavy atom. The van der Waals surface area contributed by atoms with Crippen LogP contribution < -0.4 is 14.8 Å². The van der Waals surface area contributed by atoms with E-state index in [0.29, 0.717) is 40.9 Å². The van der Waals surface area contributed by atoms with Gasteiger partial charge in [0.15, 0.2) is 0 Å². The van der Waals surface area contributed by atoms with Crippen LogP contribution in [-0.2, 0) is 7.05 Å². The molecule has 3 aromatic rings. The van der Waals surface area contributed by atoms with E-state index in [2.05, 4.69) is 30.8 Å². The van der Waals surface area contributed by atoms with E-state index >= 15 is 0 Å². The molecule has 0 aliphatic carbocycles. The summed E-state index contributed by atoms with van der Waals surface area (Å²) in [6.07, 6.45) is 6.57. The number of fused-ring (bicyclic) bond motifs is 2. The Morgan fingerprint density at radius 2 is 1.76 bits per heavy atom. The van der Waals surface area contributed by atoms with E-state index in [4.69, 9.17) is 9.47 Å². The van der Waals surface area contributed by atoms with Gasteiger partial charge in [0, 0.05) is 25.2 Å². The molecule has 3 atom stereocenters. The molecule has 2 bridgehead atoms. The van der Waals surface area contributed by atoms with Crippen LogP contribution in [0.2, 0.25) is 0 Å². The third kappa shape index (κ3) is 3.65. The van der Waals surface area contributed by atoms with E-state index in [1.54, 1.807) is 11.8 Å². The highest BCUT2D eigenvalue weighted by molar-refractivity contribution is 5.68. The lowest BCUT2D eigenvalue weighted by atomic mass is 10.0. The van der Waals surface area contributed by atoms with Gasteiger partial charge in [0.25, 0.3) is 0 Å². The molecule has 0 radical (unpaired) electrons. The molecular weight excluding hydrogens is 370 g/mol. The average Bonchev–Trinajstić information content (AvgIpc) is 3.32. The lowest BCUT2D eigenvalue weighted by Gasteiger charge is -2.28. The van der Waals surface area contributed by atoms with Gasteiger partial charge in [-0.3, -0.25) is 4.68 Å². The fraction of sp³-hybridized carbons (Fsp3) is 0.450. The van der Waals surface area contributed by atoms with Crippen molar-refractivity contribution in [1.82, 2.24) is 35.5 Å². The predicted molar refractivity (Wildman–Crippen MR) is 105 cm³/mol. The number of nitrogens with one attached hydrogen (secondary N) is 1. The monoisotopic (exact) mass is 393 g/mol. The summed E-state index contributed by atoms with van der Waals surface area (Å²) < 4.78 is 13.2.